The van der Waals surface area contributed by atoms with Crippen molar-refractivity contribution in [2.45, 2.75) is 57.7 Å². The van der Waals surface area contributed by atoms with Crippen LogP contribution in [0.1, 0.15) is 45.1 Å². The van der Waals surface area contributed by atoms with Gasteiger partial charge >= 0.3 is 0 Å². The Balaban J connectivity index is 2.12. The summed E-state index contributed by atoms with van der Waals surface area (Å²) in [5.41, 5.74) is 7.60. The Hall–Kier alpha value is -0.970. The van der Waals surface area contributed by atoms with Crippen molar-refractivity contribution in [3.05, 3.63) is 30.1 Å². The number of aromatic nitrogens is 1. The van der Waals surface area contributed by atoms with Crippen molar-refractivity contribution >= 4 is 0 Å². The van der Waals surface area contributed by atoms with Gasteiger partial charge < -0.3 is 10.5 Å². The average molecular weight is 291 g/mol. The molecule has 2 rings (SSSR count). The van der Waals surface area contributed by atoms with Gasteiger partial charge in [-0.3, -0.25) is 9.88 Å². The van der Waals surface area contributed by atoms with Crippen LogP contribution < -0.4 is 5.73 Å². The predicted octanol–water partition coefficient (Wildman–Crippen LogP) is 2.58. The number of likely N-dealkylation sites (N-methyl/N-ethyl adjacent to an activating group) is 1. The summed E-state index contributed by atoms with van der Waals surface area (Å²) in [6.07, 6.45) is 8.47. The smallest absolute Gasteiger partial charge is 0.0593 e. The number of nitrogens with zero attached hydrogens (tertiary/aromatic N) is 2. The molecule has 2 N–H and O–H groups in total. The van der Waals surface area contributed by atoms with Gasteiger partial charge in [-0.15, -0.1) is 0 Å². The fourth-order valence-corrected chi connectivity index (χ4v) is 3.43. The third-order valence-electron chi connectivity index (χ3n) is 4.69. The van der Waals surface area contributed by atoms with Gasteiger partial charge in [-0.25, -0.2) is 0 Å². The molecule has 4 heteroatoms. The molecule has 1 aliphatic heterocycles. The Kier molecular flexibility index (Phi) is 6.15. The first-order chi connectivity index (χ1) is 10.2. The predicted molar refractivity (Wildman–Crippen MR) is 86.0 cm³/mol. The fourth-order valence-electron chi connectivity index (χ4n) is 3.43. The maximum atomic E-state index is 6.22. The van der Waals surface area contributed by atoms with Crippen LogP contribution in [0.4, 0.5) is 0 Å². The van der Waals surface area contributed by atoms with E-state index in [0.717, 1.165) is 39.0 Å². The normalized spacial score (nSPS) is 26.2. The molecule has 1 aromatic rings. The molecular weight excluding hydrogens is 262 g/mol. The summed E-state index contributed by atoms with van der Waals surface area (Å²) in [5, 5.41) is 0. The molecule has 0 bridgehead atoms. The highest BCUT2D eigenvalue weighted by Gasteiger charge is 2.39. The van der Waals surface area contributed by atoms with E-state index in [1.165, 1.54) is 12.0 Å². The molecular formula is C17H29N3O. The van der Waals surface area contributed by atoms with E-state index < -0.39 is 0 Å². The molecule has 0 amide bonds. The van der Waals surface area contributed by atoms with Gasteiger partial charge in [-0.2, -0.15) is 0 Å². The standard InChI is InChI=1S/C17H29N3O/c1-3-5-16-12-17(14-18,8-11-21-16)20(4-2)13-15-6-9-19-10-7-15/h6-7,9-10,16H,3-5,8,11-14,18H2,1-2H3. The minimum Gasteiger partial charge on any atom is -0.378 e. The van der Waals surface area contributed by atoms with Crippen LogP contribution in [0.2, 0.25) is 0 Å². The maximum absolute atomic E-state index is 6.22. The number of nitrogens with two attached hydrogens (primary N) is 1. The zero-order valence-corrected chi connectivity index (χ0v) is 13.4. The lowest BCUT2D eigenvalue weighted by molar-refractivity contribution is -0.0753. The molecule has 0 radical (unpaired) electrons. The van der Waals surface area contributed by atoms with E-state index in [2.05, 4.69) is 35.9 Å². The first-order valence-electron chi connectivity index (χ1n) is 8.19. The summed E-state index contributed by atoms with van der Waals surface area (Å²) in [6, 6.07) is 4.19. The second-order valence-electron chi connectivity index (χ2n) is 6.03. The van der Waals surface area contributed by atoms with Crippen LogP contribution in [0.15, 0.2) is 24.5 Å². The second-order valence-corrected chi connectivity index (χ2v) is 6.03. The van der Waals surface area contributed by atoms with Gasteiger partial charge in [0.2, 0.25) is 0 Å². The Morgan fingerprint density at radius 1 is 1.38 bits per heavy atom. The summed E-state index contributed by atoms with van der Waals surface area (Å²) in [5.74, 6) is 0. The average Bonchev–Trinajstić information content (AvgIpc) is 2.54. The lowest BCUT2D eigenvalue weighted by atomic mass is 9.83. The zero-order valence-electron chi connectivity index (χ0n) is 13.4. The quantitative estimate of drug-likeness (QED) is 0.839. The van der Waals surface area contributed by atoms with Crippen molar-refractivity contribution in [2.24, 2.45) is 5.73 Å². The molecule has 2 heterocycles. The molecule has 0 aromatic carbocycles. The van der Waals surface area contributed by atoms with E-state index in [9.17, 15) is 0 Å². The highest BCUT2D eigenvalue weighted by Crippen LogP contribution is 2.33. The molecule has 1 fully saturated rings. The third kappa shape index (κ3) is 4.02. The van der Waals surface area contributed by atoms with Crippen LogP contribution in [0.3, 0.4) is 0 Å². The first-order valence-corrected chi connectivity index (χ1v) is 8.19. The van der Waals surface area contributed by atoms with Gasteiger partial charge in [-0.05, 0) is 43.5 Å². The molecule has 21 heavy (non-hydrogen) atoms. The minimum atomic E-state index is 0.0795. The van der Waals surface area contributed by atoms with Gasteiger partial charge in [0, 0.05) is 37.6 Å². The van der Waals surface area contributed by atoms with Crippen LogP contribution >= 0.6 is 0 Å². The van der Waals surface area contributed by atoms with Crippen LogP contribution in [0.5, 0.6) is 0 Å². The largest absolute Gasteiger partial charge is 0.378 e. The summed E-state index contributed by atoms with van der Waals surface area (Å²) in [7, 11) is 0. The van der Waals surface area contributed by atoms with E-state index in [0.29, 0.717) is 12.6 Å². The molecule has 2 atom stereocenters. The SMILES string of the molecule is CCCC1CC(CN)(N(CC)Cc2ccncc2)CCO1. The zero-order chi connectivity index (χ0) is 15.1. The van der Waals surface area contributed by atoms with Gasteiger partial charge in [-0.1, -0.05) is 20.3 Å². The van der Waals surface area contributed by atoms with E-state index in [4.69, 9.17) is 10.5 Å². The lowest BCUT2D eigenvalue weighted by Crippen LogP contribution is -2.58. The molecule has 0 spiro atoms. The van der Waals surface area contributed by atoms with Gasteiger partial charge in [0.25, 0.3) is 0 Å². The third-order valence-corrected chi connectivity index (χ3v) is 4.69. The molecule has 1 saturated heterocycles. The maximum Gasteiger partial charge on any atom is 0.0593 e. The lowest BCUT2D eigenvalue weighted by Gasteiger charge is -2.48. The van der Waals surface area contributed by atoms with Crippen molar-refractivity contribution < 1.29 is 4.74 Å². The molecule has 1 aliphatic rings. The summed E-state index contributed by atoms with van der Waals surface area (Å²) >= 11 is 0. The molecule has 1 aromatic heterocycles. The van der Waals surface area contributed by atoms with Gasteiger partial charge in [0.1, 0.15) is 0 Å². The monoisotopic (exact) mass is 291 g/mol. The van der Waals surface area contributed by atoms with Gasteiger partial charge in [0.05, 0.1) is 6.10 Å². The molecule has 0 saturated carbocycles. The molecule has 2 unspecified atom stereocenters. The van der Waals surface area contributed by atoms with Crippen LogP contribution in [0, 0.1) is 0 Å². The van der Waals surface area contributed by atoms with Crippen molar-refractivity contribution in [3.8, 4) is 0 Å². The number of hydrogen-bond donors (Lipinski definition) is 1. The Morgan fingerprint density at radius 3 is 2.76 bits per heavy atom. The molecule has 118 valence electrons. The van der Waals surface area contributed by atoms with Crippen LogP contribution in [0.25, 0.3) is 0 Å². The summed E-state index contributed by atoms with van der Waals surface area (Å²) in [4.78, 5) is 6.64. The van der Waals surface area contributed by atoms with Crippen LogP contribution in [-0.4, -0.2) is 41.2 Å². The summed E-state index contributed by atoms with van der Waals surface area (Å²) < 4.78 is 5.93. The number of pyridine rings is 1. The fraction of sp³-hybridized carbons (Fsp3) is 0.706. The Morgan fingerprint density at radius 2 is 2.14 bits per heavy atom. The van der Waals surface area contributed by atoms with Gasteiger partial charge in [0.15, 0.2) is 0 Å². The van der Waals surface area contributed by atoms with E-state index in [1.54, 1.807) is 0 Å². The number of hydrogen-bond acceptors (Lipinski definition) is 4. The Labute approximate surface area is 128 Å². The second kappa shape index (κ2) is 7.87. The number of ether oxygens (including phenoxy) is 1. The van der Waals surface area contributed by atoms with Crippen molar-refractivity contribution in [1.82, 2.24) is 9.88 Å². The first kappa shape index (κ1) is 16.4. The summed E-state index contributed by atoms with van der Waals surface area (Å²) in [6.45, 7) is 7.93. The molecule has 0 aliphatic carbocycles. The van der Waals surface area contributed by atoms with E-state index >= 15 is 0 Å². The highest BCUT2D eigenvalue weighted by atomic mass is 16.5. The number of rotatable bonds is 7. The highest BCUT2D eigenvalue weighted by molar-refractivity contribution is 5.11. The molecule has 4 nitrogen and oxygen atoms in total. The van der Waals surface area contributed by atoms with E-state index in [1.807, 2.05) is 12.4 Å². The van der Waals surface area contributed by atoms with Crippen molar-refractivity contribution in [3.63, 3.8) is 0 Å². The van der Waals surface area contributed by atoms with Crippen molar-refractivity contribution in [1.29, 1.82) is 0 Å². The minimum absolute atomic E-state index is 0.0795. The topological polar surface area (TPSA) is 51.4 Å². The van der Waals surface area contributed by atoms with E-state index in [-0.39, 0.29) is 5.54 Å². The van der Waals surface area contributed by atoms with Crippen LogP contribution in [-0.2, 0) is 11.3 Å². The Bertz CT molecular complexity index is 410. The van der Waals surface area contributed by atoms with Crippen molar-refractivity contribution in [2.75, 3.05) is 19.7 Å².